The van der Waals surface area contributed by atoms with Crippen molar-refractivity contribution in [3.8, 4) is 0 Å². The number of carboxylic acids is 1. The Bertz CT molecular complexity index is 638. The van der Waals surface area contributed by atoms with E-state index in [1.165, 1.54) is 12.1 Å². The summed E-state index contributed by atoms with van der Waals surface area (Å²) in [5.41, 5.74) is 1.03. The lowest BCUT2D eigenvalue weighted by atomic mass is 10.1. The Morgan fingerprint density at radius 1 is 1.32 bits per heavy atom. The molecule has 1 aromatic heterocycles. The Hall–Kier alpha value is -2.21. The summed E-state index contributed by atoms with van der Waals surface area (Å²) in [4.78, 5) is 29.0. The lowest BCUT2D eigenvalue weighted by molar-refractivity contribution is -0.129. The number of aromatic nitrogens is 1. The Morgan fingerprint density at radius 3 is 2.55 bits per heavy atom. The molecule has 0 bridgehead atoms. The number of hydrogen-bond donors (Lipinski definition) is 1. The number of aromatic carboxylic acids is 1. The number of benzene rings is 1. The Labute approximate surface area is 133 Å². The summed E-state index contributed by atoms with van der Waals surface area (Å²) >= 11 is 1.59. The molecule has 2 aromatic rings. The fourth-order valence-electron chi connectivity index (χ4n) is 2.14. The van der Waals surface area contributed by atoms with Gasteiger partial charge in [-0.2, -0.15) is 0 Å². The molecule has 0 spiro atoms. The van der Waals surface area contributed by atoms with Crippen molar-refractivity contribution in [2.24, 2.45) is 0 Å². The van der Waals surface area contributed by atoms with Gasteiger partial charge in [0.15, 0.2) is 0 Å². The molecular formula is C16H18N2O3S. The molecule has 1 amide bonds. The fraction of sp³-hybridized carbons (Fsp3) is 0.312. The highest BCUT2D eigenvalue weighted by molar-refractivity contribution is 7.09. The van der Waals surface area contributed by atoms with Crippen LogP contribution in [0.3, 0.4) is 0 Å². The number of carboxylic acid groups (broad SMARTS) is 1. The average molecular weight is 318 g/mol. The zero-order chi connectivity index (χ0) is 16.1. The van der Waals surface area contributed by atoms with Crippen LogP contribution in [-0.4, -0.2) is 40.5 Å². The van der Waals surface area contributed by atoms with Crippen molar-refractivity contribution in [3.05, 3.63) is 52.0 Å². The summed E-state index contributed by atoms with van der Waals surface area (Å²) in [6.07, 6.45) is 2.03. The molecule has 5 nitrogen and oxygen atoms in total. The minimum Gasteiger partial charge on any atom is -0.478 e. The molecule has 1 unspecified atom stereocenters. The van der Waals surface area contributed by atoms with E-state index in [1.54, 1.807) is 41.6 Å². The predicted octanol–water partition coefficient (Wildman–Crippen LogP) is 2.65. The van der Waals surface area contributed by atoms with Gasteiger partial charge in [-0.15, -0.1) is 11.3 Å². The number of carbonyl (C=O) groups excluding carboxylic acids is 1. The van der Waals surface area contributed by atoms with E-state index in [9.17, 15) is 9.59 Å². The number of nitrogens with zero attached hydrogens (tertiary/aromatic N) is 2. The number of carbonyl (C=O) groups is 2. The SMILES string of the molecule is CC(CN(C)C(=O)Cc1ccc(C(=O)O)cc1)c1nccs1. The number of amides is 1. The van der Waals surface area contributed by atoms with Crippen molar-refractivity contribution in [1.29, 1.82) is 0 Å². The number of rotatable bonds is 6. The minimum atomic E-state index is -0.965. The molecule has 0 fully saturated rings. The molecule has 0 saturated carbocycles. The van der Waals surface area contributed by atoms with Gasteiger partial charge in [-0.05, 0) is 17.7 Å². The summed E-state index contributed by atoms with van der Waals surface area (Å²) in [5.74, 6) is -0.762. The largest absolute Gasteiger partial charge is 0.478 e. The van der Waals surface area contributed by atoms with Crippen LogP contribution in [0.5, 0.6) is 0 Å². The first-order chi connectivity index (χ1) is 10.5. The van der Waals surface area contributed by atoms with Gasteiger partial charge in [-0.25, -0.2) is 9.78 Å². The molecule has 0 radical (unpaired) electrons. The highest BCUT2D eigenvalue weighted by Gasteiger charge is 2.16. The molecule has 0 aliphatic carbocycles. The van der Waals surface area contributed by atoms with Gasteiger partial charge < -0.3 is 10.0 Å². The van der Waals surface area contributed by atoms with E-state index in [1.807, 2.05) is 12.3 Å². The molecule has 1 N–H and O–H groups in total. The molecule has 1 heterocycles. The van der Waals surface area contributed by atoms with Gasteiger partial charge in [-0.3, -0.25) is 4.79 Å². The van der Waals surface area contributed by atoms with Crippen LogP contribution >= 0.6 is 11.3 Å². The van der Waals surface area contributed by atoms with Crippen LogP contribution in [0.15, 0.2) is 35.8 Å². The lowest BCUT2D eigenvalue weighted by Gasteiger charge is -2.20. The molecule has 0 saturated heterocycles. The summed E-state index contributed by atoms with van der Waals surface area (Å²) in [6.45, 7) is 2.66. The first kappa shape index (κ1) is 16.2. The Balaban J connectivity index is 1.92. The zero-order valence-corrected chi connectivity index (χ0v) is 13.3. The van der Waals surface area contributed by atoms with Crippen molar-refractivity contribution in [2.75, 3.05) is 13.6 Å². The summed E-state index contributed by atoms with van der Waals surface area (Å²) in [7, 11) is 1.78. The summed E-state index contributed by atoms with van der Waals surface area (Å²) in [5, 5.41) is 11.8. The van der Waals surface area contributed by atoms with Gasteiger partial charge in [-0.1, -0.05) is 19.1 Å². The van der Waals surface area contributed by atoms with Gasteiger partial charge in [0, 0.05) is 31.1 Å². The van der Waals surface area contributed by atoms with Crippen LogP contribution in [0.1, 0.15) is 33.8 Å². The van der Waals surface area contributed by atoms with Crippen LogP contribution in [-0.2, 0) is 11.2 Å². The fourth-order valence-corrected chi connectivity index (χ4v) is 2.83. The van der Waals surface area contributed by atoms with Crippen molar-refractivity contribution in [3.63, 3.8) is 0 Å². The second-order valence-electron chi connectivity index (χ2n) is 5.22. The topological polar surface area (TPSA) is 70.5 Å². The first-order valence-corrected chi connectivity index (χ1v) is 7.81. The van der Waals surface area contributed by atoms with Gasteiger partial charge >= 0.3 is 5.97 Å². The minimum absolute atomic E-state index is 0.00600. The van der Waals surface area contributed by atoms with Gasteiger partial charge in [0.2, 0.25) is 5.91 Å². The number of hydrogen-bond acceptors (Lipinski definition) is 4. The van der Waals surface area contributed by atoms with E-state index in [0.717, 1.165) is 10.6 Å². The molecule has 22 heavy (non-hydrogen) atoms. The van der Waals surface area contributed by atoms with Crippen molar-refractivity contribution >= 4 is 23.2 Å². The van der Waals surface area contributed by atoms with Gasteiger partial charge in [0.25, 0.3) is 0 Å². The third-order valence-electron chi connectivity index (χ3n) is 3.40. The maximum Gasteiger partial charge on any atom is 0.335 e. The molecule has 0 aliphatic heterocycles. The maximum atomic E-state index is 12.2. The van der Waals surface area contributed by atoms with E-state index in [2.05, 4.69) is 4.98 Å². The Morgan fingerprint density at radius 2 is 2.00 bits per heavy atom. The van der Waals surface area contributed by atoms with Crippen molar-refractivity contribution in [1.82, 2.24) is 9.88 Å². The standard InChI is InChI=1S/C16H18N2O3S/c1-11(15-17-7-8-22-15)10-18(2)14(19)9-12-3-5-13(6-4-12)16(20)21/h3-8,11H,9-10H2,1-2H3,(H,20,21). The molecule has 6 heteroatoms. The second-order valence-corrected chi connectivity index (χ2v) is 6.15. The van der Waals surface area contributed by atoms with E-state index in [0.29, 0.717) is 6.54 Å². The van der Waals surface area contributed by atoms with Crippen molar-refractivity contribution < 1.29 is 14.7 Å². The van der Waals surface area contributed by atoms with Crippen LogP contribution in [0.4, 0.5) is 0 Å². The summed E-state index contributed by atoms with van der Waals surface area (Å²) < 4.78 is 0. The second kappa shape index (κ2) is 7.17. The third-order valence-corrected chi connectivity index (χ3v) is 4.41. The normalized spacial score (nSPS) is 11.9. The van der Waals surface area contributed by atoms with Crippen molar-refractivity contribution in [2.45, 2.75) is 19.3 Å². The van der Waals surface area contributed by atoms with Gasteiger partial charge in [0.1, 0.15) is 0 Å². The average Bonchev–Trinajstić information content (AvgIpc) is 3.02. The van der Waals surface area contributed by atoms with E-state index < -0.39 is 5.97 Å². The molecule has 0 aliphatic rings. The number of thiazole rings is 1. The first-order valence-electron chi connectivity index (χ1n) is 6.93. The van der Waals surface area contributed by atoms with E-state index in [-0.39, 0.29) is 23.8 Å². The highest BCUT2D eigenvalue weighted by atomic mass is 32.1. The molecular weight excluding hydrogens is 300 g/mol. The Kier molecular flexibility index (Phi) is 5.27. The highest BCUT2D eigenvalue weighted by Crippen LogP contribution is 2.18. The van der Waals surface area contributed by atoms with Crippen LogP contribution in [0.25, 0.3) is 0 Å². The zero-order valence-electron chi connectivity index (χ0n) is 12.5. The van der Waals surface area contributed by atoms with Crippen LogP contribution in [0.2, 0.25) is 0 Å². The number of likely N-dealkylation sites (N-methyl/N-ethyl adjacent to an activating group) is 1. The molecule has 2 rings (SSSR count). The van der Waals surface area contributed by atoms with E-state index >= 15 is 0 Å². The summed E-state index contributed by atoms with van der Waals surface area (Å²) in [6, 6.07) is 6.39. The van der Waals surface area contributed by atoms with Crippen LogP contribution in [0, 0.1) is 0 Å². The smallest absolute Gasteiger partial charge is 0.335 e. The monoisotopic (exact) mass is 318 g/mol. The van der Waals surface area contributed by atoms with Crippen LogP contribution < -0.4 is 0 Å². The third kappa shape index (κ3) is 4.14. The quantitative estimate of drug-likeness (QED) is 0.889. The van der Waals surface area contributed by atoms with Gasteiger partial charge in [0.05, 0.1) is 17.0 Å². The molecule has 1 aromatic carbocycles. The van der Waals surface area contributed by atoms with E-state index in [4.69, 9.17) is 5.11 Å². The maximum absolute atomic E-state index is 12.2. The molecule has 1 atom stereocenters. The lowest BCUT2D eigenvalue weighted by Crippen LogP contribution is -2.31. The predicted molar refractivity (Wildman–Crippen MR) is 85.3 cm³/mol. The molecule has 116 valence electrons.